The van der Waals surface area contributed by atoms with Crippen LogP contribution in [0, 0.1) is 0 Å². The molecule has 0 unspecified atom stereocenters. The van der Waals surface area contributed by atoms with Gasteiger partial charge in [0.2, 0.25) is 0 Å². The summed E-state index contributed by atoms with van der Waals surface area (Å²) in [6.45, 7) is 0.874. The monoisotopic (exact) mass is 220 g/mol. The van der Waals surface area contributed by atoms with E-state index in [-0.39, 0.29) is 0 Å². The Hall–Kier alpha value is -1.86. The minimum absolute atomic E-state index is 0.339. The van der Waals surface area contributed by atoms with Crippen molar-refractivity contribution in [1.82, 2.24) is 0 Å². The molecule has 1 heterocycles. The molecular formula is C16H12O. The molecule has 82 valence electrons. The van der Waals surface area contributed by atoms with Gasteiger partial charge in [0.1, 0.15) is 6.10 Å². The first-order valence-electron chi connectivity index (χ1n) is 5.94. The van der Waals surface area contributed by atoms with Gasteiger partial charge in [-0.25, -0.2) is 0 Å². The highest BCUT2D eigenvalue weighted by molar-refractivity contribution is 5.98. The summed E-state index contributed by atoms with van der Waals surface area (Å²) >= 11 is 0. The van der Waals surface area contributed by atoms with Gasteiger partial charge >= 0.3 is 0 Å². The third-order valence-electron chi connectivity index (χ3n) is 3.43. The molecule has 0 bridgehead atoms. The number of ether oxygens (including phenoxy) is 1. The SMILES string of the molecule is c1ccc2cc3cc([C@@H]4CO4)ccc3cc2c1. The molecule has 0 N–H and O–H groups in total. The van der Waals surface area contributed by atoms with Crippen molar-refractivity contribution in [3.05, 3.63) is 60.2 Å². The maximum absolute atomic E-state index is 5.33. The average Bonchev–Trinajstić information content (AvgIpc) is 3.20. The fourth-order valence-electron chi connectivity index (χ4n) is 2.40. The van der Waals surface area contributed by atoms with Crippen molar-refractivity contribution in [3.8, 4) is 0 Å². The lowest BCUT2D eigenvalue weighted by atomic mass is 10.0. The van der Waals surface area contributed by atoms with Gasteiger partial charge in [-0.15, -0.1) is 0 Å². The highest BCUT2D eigenvalue weighted by atomic mass is 16.6. The molecule has 3 aromatic rings. The highest BCUT2D eigenvalue weighted by Gasteiger charge is 2.24. The number of benzene rings is 3. The summed E-state index contributed by atoms with van der Waals surface area (Å²) in [5.41, 5.74) is 1.30. The van der Waals surface area contributed by atoms with E-state index in [1.807, 2.05) is 0 Å². The van der Waals surface area contributed by atoms with Crippen molar-refractivity contribution < 1.29 is 4.74 Å². The summed E-state index contributed by atoms with van der Waals surface area (Å²) in [4.78, 5) is 0. The predicted molar refractivity (Wildman–Crippen MR) is 70.1 cm³/mol. The Morgan fingerprint density at radius 3 is 2.12 bits per heavy atom. The molecule has 17 heavy (non-hydrogen) atoms. The highest BCUT2D eigenvalue weighted by Crippen LogP contribution is 2.32. The van der Waals surface area contributed by atoms with Gasteiger partial charge in [-0.05, 0) is 45.3 Å². The second-order valence-corrected chi connectivity index (χ2v) is 4.63. The van der Waals surface area contributed by atoms with Crippen molar-refractivity contribution in [3.63, 3.8) is 0 Å². The molecule has 4 rings (SSSR count). The fourth-order valence-corrected chi connectivity index (χ4v) is 2.40. The van der Waals surface area contributed by atoms with Crippen LogP contribution in [0.4, 0.5) is 0 Å². The number of hydrogen-bond donors (Lipinski definition) is 0. The van der Waals surface area contributed by atoms with Gasteiger partial charge in [0.15, 0.2) is 0 Å². The summed E-state index contributed by atoms with van der Waals surface area (Å²) in [5.74, 6) is 0. The second kappa shape index (κ2) is 3.31. The fraction of sp³-hybridized carbons (Fsp3) is 0.125. The molecule has 0 amide bonds. The molecule has 0 saturated carbocycles. The predicted octanol–water partition coefficient (Wildman–Crippen LogP) is 4.06. The zero-order valence-electron chi connectivity index (χ0n) is 9.39. The molecule has 1 nitrogen and oxygen atoms in total. The van der Waals surface area contributed by atoms with Gasteiger partial charge in [-0.3, -0.25) is 0 Å². The molecule has 1 atom stereocenters. The first-order chi connectivity index (χ1) is 8.40. The zero-order valence-corrected chi connectivity index (χ0v) is 9.39. The van der Waals surface area contributed by atoms with Gasteiger partial charge in [0, 0.05) is 0 Å². The van der Waals surface area contributed by atoms with Gasteiger partial charge in [0.25, 0.3) is 0 Å². The van der Waals surface area contributed by atoms with E-state index in [0.29, 0.717) is 6.10 Å². The van der Waals surface area contributed by atoms with Crippen LogP contribution >= 0.6 is 0 Å². The standard InChI is InChI=1S/C16H12O/c1-2-4-12-8-15-9-14(16-10-17-16)6-5-13(15)7-11(12)3-1/h1-9,16H,10H2/t16-/m0/s1. The first kappa shape index (κ1) is 9.20. The minimum atomic E-state index is 0.339. The minimum Gasteiger partial charge on any atom is -0.368 e. The Bertz CT molecular complexity index is 711. The molecule has 0 aromatic heterocycles. The molecule has 1 fully saturated rings. The van der Waals surface area contributed by atoms with Crippen molar-refractivity contribution in [1.29, 1.82) is 0 Å². The quantitative estimate of drug-likeness (QED) is 0.445. The van der Waals surface area contributed by atoms with E-state index in [4.69, 9.17) is 4.74 Å². The Morgan fingerprint density at radius 1 is 0.765 bits per heavy atom. The molecule has 1 aliphatic heterocycles. The smallest absolute Gasteiger partial charge is 0.106 e. The topological polar surface area (TPSA) is 12.5 Å². The molecule has 0 aliphatic carbocycles. The van der Waals surface area contributed by atoms with E-state index < -0.39 is 0 Å². The Morgan fingerprint density at radius 2 is 1.41 bits per heavy atom. The van der Waals surface area contributed by atoms with Gasteiger partial charge < -0.3 is 4.74 Å². The molecule has 1 aliphatic rings. The third kappa shape index (κ3) is 1.51. The first-order valence-corrected chi connectivity index (χ1v) is 5.94. The molecule has 3 aromatic carbocycles. The maximum atomic E-state index is 5.33. The lowest BCUT2D eigenvalue weighted by Gasteiger charge is -2.04. The number of epoxide rings is 1. The molecule has 0 radical (unpaired) electrons. The summed E-state index contributed by atoms with van der Waals surface area (Å²) in [5, 5.41) is 5.20. The Kier molecular flexibility index (Phi) is 1.79. The van der Waals surface area contributed by atoms with Crippen LogP contribution in [0.15, 0.2) is 54.6 Å². The van der Waals surface area contributed by atoms with E-state index >= 15 is 0 Å². The van der Waals surface area contributed by atoms with E-state index in [2.05, 4.69) is 54.6 Å². The Labute approximate surface area is 99.6 Å². The van der Waals surface area contributed by atoms with Gasteiger partial charge in [-0.2, -0.15) is 0 Å². The number of rotatable bonds is 1. The molecule has 0 spiro atoms. The lowest BCUT2D eigenvalue weighted by Crippen LogP contribution is -1.82. The van der Waals surface area contributed by atoms with Crippen LogP contribution < -0.4 is 0 Å². The largest absolute Gasteiger partial charge is 0.368 e. The van der Waals surface area contributed by atoms with Crippen molar-refractivity contribution in [2.75, 3.05) is 6.61 Å². The summed E-state index contributed by atoms with van der Waals surface area (Å²) in [7, 11) is 0. The summed E-state index contributed by atoms with van der Waals surface area (Å²) in [6.07, 6.45) is 0.339. The van der Waals surface area contributed by atoms with Crippen LogP contribution in [0.2, 0.25) is 0 Å². The Balaban J connectivity index is 2.02. The summed E-state index contributed by atoms with van der Waals surface area (Å²) < 4.78 is 5.33. The van der Waals surface area contributed by atoms with Crippen molar-refractivity contribution in [2.24, 2.45) is 0 Å². The van der Waals surface area contributed by atoms with E-state index in [1.165, 1.54) is 27.1 Å². The lowest BCUT2D eigenvalue weighted by molar-refractivity contribution is 0.416. The molecule has 1 heteroatoms. The van der Waals surface area contributed by atoms with E-state index in [1.54, 1.807) is 0 Å². The van der Waals surface area contributed by atoms with Gasteiger partial charge in [0.05, 0.1) is 6.61 Å². The van der Waals surface area contributed by atoms with Crippen LogP contribution in [-0.2, 0) is 4.74 Å². The van der Waals surface area contributed by atoms with E-state index in [0.717, 1.165) is 6.61 Å². The van der Waals surface area contributed by atoms with Crippen LogP contribution in [0.1, 0.15) is 11.7 Å². The van der Waals surface area contributed by atoms with Crippen molar-refractivity contribution in [2.45, 2.75) is 6.10 Å². The number of hydrogen-bond acceptors (Lipinski definition) is 1. The third-order valence-corrected chi connectivity index (χ3v) is 3.43. The normalized spacial score (nSPS) is 18.7. The molecule has 1 saturated heterocycles. The van der Waals surface area contributed by atoms with Crippen molar-refractivity contribution >= 4 is 21.5 Å². The summed E-state index contributed by atoms with van der Waals surface area (Å²) in [6, 6.07) is 19.6. The maximum Gasteiger partial charge on any atom is 0.106 e. The molecular weight excluding hydrogens is 208 g/mol. The average molecular weight is 220 g/mol. The number of fused-ring (bicyclic) bond motifs is 2. The van der Waals surface area contributed by atoms with Crippen LogP contribution in [0.3, 0.4) is 0 Å². The van der Waals surface area contributed by atoms with Crippen LogP contribution in [0.25, 0.3) is 21.5 Å². The second-order valence-electron chi connectivity index (χ2n) is 4.63. The zero-order chi connectivity index (χ0) is 11.2. The van der Waals surface area contributed by atoms with Crippen LogP contribution in [0.5, 0.6) is 0 Å². The van der Waals surface area contributed by atoms with Gasteiger partial charge in [-0.1, -0.05) is 36.4 Å². The van der Waals surface area contributed by atoms with E-state index in [9.17, 15) is 0 Å². The van der Waals surface area contributed by atoms with Crippen LogP contribution in [-0.4, -0.2) is 6.61 Å².